The van der Waals surface area contributed by atoms with E-state index in [-0.39, 0.29) is 0 Å². The van der Waals surface area contributed by atoms with Gasteiger partial charge in [0, 0.05) is 26.2 Å². The zero-order chi connectivity index (χ0) is 14.9. The third-order valence-corrected chi connectivity index (χ3v) is 4.86. The summed E-state index contributed by atoms with van der Waals surface area (Å²) >= 11 is 1.71. The highest BCUT2D eigenvalue weighted by atomic mass is 32.1. The predicted octanol–water partition coefficient (Wildman–Crippen LogP) is 1.69. The molecule has 1 aliphatic heterocycles. The number of hydrogen-bond donors (Lipinski definition) is 0. The number of fused-ring (bicyclic) bond motifs is 1. The summed E-state index contributed by atoms with van der Waals surface area (Å²) in [6.45, 7) is 4.88. The summed E-state index contributed by atoms with van der Waals surface area (Å²) in [6, 6.07) is 2.13. The Balaban J connectivity index is 1.67. The van der Waals surface area contributed by atoms with E-state index < -0.39 is 0 Å². The summed E-state index contributed by atoms with van der Waals surface area (Å²) in [6.07, 6.45) is 3.55. The Bertz CT molecular complexity index is 758. The molecule has 1 saturated heterocycles. The molecule has 0 aliphatic carbocycles. The second-order valence-electron chi connectivity index (χ2n) is 5.66. The van der Waals surface area contributed by atoms with Crippen LogP contribution in [0.25, 0.3) is 11.0 Å². The zero-order valence-corrected chi connectivity index (χ0v) is 13.3. The van der Waals surface area contributed by atoms with Crippen LogP contribution in [0.1, 0.15) is 5.56 Å². The quantitative estimate of drug-likeness (QED) is 0.736. The highest BCUT2D eigenvalue weighted by Gasteiger charge is 2.19. The lowest BCUT2D eigenvalue weighted by molar-refractivity contribution is 0.312. The van der Waals surface area contributed by atoms with E-state index in [9.17, 15) is 0 Å². The Kier molecular flexibility index (Phi) is 3.51. The Morgan fingerprint density at radius 1 is 1.18 bits per heavy atom. The van der Waals surface area contributed by atoms with Crippen LogP contribution < -0.4 is 4.90 Å². The summed E-state index contributed by atoms with van der Waals surface area (Å²) in [5, 5.41) is 9.80. The van der Waals surface area contributed by atoms with Crippen molar-refractivity contribution in [2.45, 2.75) is 6.54 Å². The number of hydrogen-bond acceptors (Lipinski definition) is 6. The molecule has 0 saturated carbocycles. The Morgan fingerprint density at radius 3 is 2.82 bits per heavy atom. The van der Waals surface area contributed by atoms with Crippen LogP contribution in [0.2, 0.25) is 0 Å². The average molecular weight is 314 g/mol. The fourth-order valence-electron chi connectivity index (χ4n) is 2.82. The Hall–Kier alpha value is -1.99. The van der Waals surface area contributed by atoms with E-state index in [1.54, 1.807) is 17.7 Å². The largest absolute Gasteiger partial charge is 0.353 e. The van der Waals surface area contributed by atoms with Gasteiger partial charge >= 0.3 is 0 Å². The highest BCUT2D eigenvalue weighted by Crippen LogP contribution is 2.24. The number of aromatic nitrogens is 4. The third kappa shape index (κ3) is 2.46. The van der Waals surface area contributed by atoms with Crippen molar-refractivity contribution >= 4 is 28.2 Å². The van der Waals surface area contributed by atoms with Crippen molar-refractivity contribution in [2.24, 2.45) is 0 Å². The van der Waals surface area contributed by atoms with E-state index in [4.69, 9.17) is 0 Å². The van der Waals surface area contributed by atoms with Gasteiger partial charge in [-0.15, -0.1) is 0 Å². The maximum atomic E-state index is 4.52. The lowest BCUT2D eigenvalue weighted by Gasteiger charge is -2.33. The van der Waals surface area contributed by atoms with E-state index in [0.717, 1.165) is 49.6 Å². The summed E-state index contributed by atoms with van der Waals surface area (Å²) in [5.74, 6) is 1.01. The molecular formula is C15H18N6S. The monoisotopic (exact) mass is 314 g/mol. The van der Waals surface area contributed by atoms with Gasteiger partial charge in [-0.1, -0.05) is 0 Å². The lowest BCUT2D eigenvalue weighted by Crippen LogP contribution is -2.44. The highest BCUT2D eigenvalue weighted by molar-refractivity contribution is 7.07. The van der Waals surface area contributed by atoms with E-state index >= 15 is 0 Å². The van der Waals surface area contributed by atoms with Crippen molar-refractivity contribution in [3.05, 3.63) is 34.9 Å². The van der Waals surface area contributed by atoms with Crippen LogP contribution >= 0.6 is 11.3 Å². The first kappa shape index (κ1) is 13.7. The van der Waals surface area contributed by atoms with Crippen molar-refractivity contribution in [3.8, 4) is 0 Å². The fourth-order valence-corrected chi connectivity index (χ4v) is 3.48. The van der Waals surface area contributed by atoms with Gasteiger partial charge in [0.05, 0.1) is 18.1 Å². The molecule has 3 aromatic heterocycles. The van der Waals surface area contributed by atoms with Gasteiger partial charge in [-0.3, -0.25) is 0 Å². The van der Waals surface area contributed by atoms with E-state index in [1.807, 2.05) is 10.9 Å². The van der Waals surface area contributed by atoms with Crippen LogP contribution in [-0.4, -0.2) is 57.9 Å². The smallest absolute Gasteiger partial charge is 0.163 e. The number of piperazine rings is 1. The summed E-state index contributed by atoms with van der Waals surface area (Å²) < 4.78 is 1.96. The van der Waals surface area contributed by atoms with Gasteiger partial charge in [0.25, 0.3) is 0 Å². The molecule has 0 N–H and O–H groups in total. The number of likely N-dealkylation sites (N-methyl/N-ethyl adjacent to an activating group) is 1. The van der Waals surface area contributed by atoms with Crippen LogP contribution in [-0.2, 0) is 6.54 Å². The molecule has 0 unspecified atom stereocenters. The van der Waals surface area contributed by atoms with E-state index in [1.165, 1.54) is 5.56 Å². The molecule has 3 aromatic rings. The minimum Gasteiger partial charge on any atom is -0.353 e. The van der Waals surface area contributed by atoms with Crippen LogP contribution in [0.5, 0.6) is 0 Å². The van der Waals surface area contributed by atoms with Crippen molar-refractivity contribution < 1.29 is 0 Å². The van der Waals surface area contributed by atoms with Gasteiger partial charge in [-0.25, -0.2) is 14.6 Å². The maximum absolute atomic E-state index is 4.52. The molecule has 6 nitrogen and oxygen atoms in total. The molecule has 114 valence electrons. The van der Waals surface area contributed by atoms with Crippen LogP contribution in [0.4, 0.5) is 5.82 Å². The topological polar surface area (TPSA) is 50.1 Å². The molecule has 1 aliphatic rings. The first-order valence-corrected chi connectivity index (χ1v) is 8.36. The van der Waals surface area contributed by atoms with Crippen molar-refractivity contribution in [3.63, 3.8) is 0 Å². The molecule has 0 radical (unpaired) electrons. The van der Waals surface area contributed by atoms with Crippen molar-refractivity contribution in [2.75, 3.05) is 38.1 Å². The number of anilines is 1. The first-order valence-electron chi connectivity index (χ1n) is 7.42. The second-order valence-corrected chi connectivity index (χ2v) is 6.44. The standard InChI is InChI=1S/C15H18N6S/c1-19-3-5-20(6-4-19)14-13-8-18-21(15(13)17-11-16-14)9-12-2-7-22-10-12/h2,7-8,10-11H,3-6,9H2,1H3. The molecule has 22 heavy (non-hydrogen) atoms. The van der Waals surface area contributed by atoms with Crippen LogP contribution in [0.15, 0.2) is 29.4 Å². The molecule has 0 bridgehead atoms. The first-order chi connectivity index (χ1) is 10.8. The summed E-state index contributed by atoms with van der Waals surface area (Å²) in [5.41, 5.74) is 2.17. The van der Waals surface area contributed by atoms with E-state index in [0.29, 0.717) is 0 Å². The van der Waals surface area contributed by atoms with Gasteiger partial charge in [-0.05, 0) is 29.4 Å². The number of nitrogens with zero attached hydrogens (tertiary/aromatic N) is 6. The minimum absolute atomic E-state index is 0.756. The Morgan fingerprint density at radius 2 is 2.05 bits per heavy atom. The van der Waals surface area contributed by atoms with Crippen molar-refractivity contribution in [1.29, 1.82) is 0 Å². The normalized spacial score (nSPS) is 16.5. The SMILES string of the molecule is CN1CCN(c2ncnc3c2cnn3Cc2ccsc2)CC1. The zero-order valence-electron chi connectivity index (χ0n) is 12.5. The molecule has 7 heteroatoms. The van der Waals surface area contributed by atoms with E-state index in [2.05, 4.69) is 48.7 Å². The molecule has 0 spiro atoms. The number of rotatable bonds is 3. The van der Waals surface area contributed by atoms with Crippen LogP contribution in [0, 0.1) is 0 Å². The van der Waals surface area contributed by atoms with Gasteiger partial charge in [0.15, 0.2) is 5.65 Å². The lowest BCUT2D eigenvalue weighted by atomic mass is 10.3. The molecule has 1 fully saturated rings. The number of thiophene rings is 1. The van der Waals surface area contributed by atoms with Gasteiger partial charge in [0.2, 0.25) is 0 Å². The van der Waals surface area contributed by atoms with Crippen molar-refractivity contribution in [1.82, 2.24) is 24.6 Å². The minimum atomic E-state index is 0.756. The van der Waals surface area contributed by atoms with Crippen LogP contribution in [0.3, 0.4) is 0 Å². The maximum Gasteiger partial charge on any atom is 0.163 e. The predicted molar refractivity (Wildman–Crippen MR) is 88.5 cm³/mol. The third-order valence-electron chi connectivity index (χ3n) is 4.13. The Labute approximate surface area is 133 Å². The average Bonchev–Trinajstić information content (AvgIpc) is 3.19. The fraction of sp³-hybridized carbons (Fsp3) is 0.400. The second kappa shape index (κ2) is 5.66. The van der Waals surface area contributed by atoms with Gasteiger partial charge in [-0.2, -0.15) is 16.4 Å². The summed E-state index contributed by atoms with van der Waals surface area (Å²) in [7, 11) is 2.16. The summed E-state index contributed by atoms with van der Waals surface area (Å²) in [4.78, 5) is 13.6. The molecule has 4 rings (SSSR count). The molecule has 0 atom stereocenters. The molecule has 0 amide bonds. The molecule has 0 aromatic carbocycles. The van der Waals surface area contributed by atoms with Gasteiger partial charge < -0.3 is 9.80 Å². The molecular weight excluding hydrogens is 296 g/mol. The molecule has 4 heterocycles. The van der Waals surface area contributed by atoms with Gasteiger partial charge in [0.1, 0.15) is 12.1 Å².